The molecule has 90 heavy (non-hydrogen) atoms. The fraction of sp³-hybridized carbons (Fsp3) is 0.400. The Morgan fingerprint density at radius 1 is 0.256 bits per heavy atom. The third-order valence-corrected chi connectivity index (χ3v) is 19.6. The summed E-state index contributed by atoms with van der Waals surface area (Å²) >= 11 is 7.10. The minimum Gasteiger partial charge on any atom is -0.405 e. The van der Waals surface area contributed by atoms with Crippen molar-refractivity contribution in [1.82, 2.24) is 29.9 Å². The number of nitrogens with zero attached hydrogens (tertiary/aromatic N) is 6. The Morgan fingerprint density at radius 3 is 0.689 bits per heavy atom. The molecule has 0 atom stereocenters. The predicted molar refractivity (Wildman–Crippen MR) is 370 cm³/mol. The minimum atomic E-state index is -0.587. The van der Waals surface area contributed by atoms with Gasteiger partial charge in [0.2, 0.25) is 0 Å². The zero-order chi connectivity index (χ0) is 65.3. The van der Waals surface area contributed by atoms with Crippen LogP contribution in [0.3, 0.4) is 0 Å². The smallest absolute Gasteiger partial charge is 0.405 e. The molecule has 466 valence electrons. The van der Waals surface area contributed by atoms with Crippen molar-refractivity contribution in [2.75, 3.05) is 0 Å². The fourth-order valence-electron chi connectivity index (χ4n) is 10.1. The largest absolute Gasteiger partial charge is 0.494 e. The molecule has 12 rings (SSSR count). The molecule has 0 bridgehead atoms. The van der Waals surface area contributed by atoms with E-state index in [1.165, 1.54) is 22.3 Å². The van der Waals surface area contributed by atoms with Crippen LogP contribution in [-0.2, 0) is 37.2 Å². The van der Waals surface area contributed by atoms with Crippen LogP contribution in [0.5, 0.6) is 0 Å². The summed E-state index contributed by atoms with van der Waals surface area (Å²) in [6, 6.07) is 45.1. The number of rotatable bonds is 9. The van der Waals surface area contributed by atoms with Crippen molar-refractivity contribution in [3.05, 3.63) is 165 Å². The van der Waals surface area contributed by atoms with Crippen molar-refractivity contribution in [3.8, 4) is 68.3 Å². The number of aromatic nitrogens is 6. The number of benzene rings is 6. The zero-order valence-electron chi connectivity index (χ0n) is 55.7. The normalized spacial score (nSPS) is 19.5. The van der Waals surface area contributed by atoms with Crippen LogP contribution in [0.1, 0.15) is 133 Å². The first kappa shape index (κ1) is 67.1. The lowest BCUT2D eigenvalue weighted by Crippen LogP contribution is -2.41. The zero-order valence-corrected chi connectivity index (χ0v) is 58.9. The van der Waals surface area contributed by atoms with E-state index in [0.717, 1.165) is 53.3 Å². The van der Waals surface area contributed by atoms with E-state index in [9.17, 15) is 0 Å². The quantitative estimate of drug-likeness (QED) is 0.126. The molecule has 0 amide bonds. The molecule has 6 heterocycles. The maximum absolute atomic E-state index is 6.49. The maximum atomic E-state index is 6.49. The lowest BCUT2D eigenvalue weighted by molar-refractivity contribution is 0.00578. The molecular formula is C70H82B4Br2N6O8. The Kier molecular flexibility index (Phi) is 18.6. The van der Waals surface area contributed by atoms with Gasteiger partial charge in [-0.15, -0.1) is 0 Å². The lowest BCUT2D eigenvalue weighted by Gasteiger charge is -2.32. The van der Waals surface area contributed by atoms with Gasteiger partial charge in [0, 0.05) is 42.3 Å². The van der Waals surface area contributed by atoms with Gasteiger partial charge in [-0.3, -0.25) is 0 Å². The second-order valence-electron chi connectivity index (χ2n) is 28.0. The van der Waals surface area contributed by atoms with Crippen molar-refractivity contribution < 1.29 is 37.2 Å². The second-order valence-corrected chi connectivity index (χ2v) is 29.9. The summed E-state index contributed by atoms with van der Waals surface area (Å²) in [5.74, 6) is 3.71. The van der Waals surface area contributed by atoms with E-state index in [2.05, 4.69) is 170 Å². The van der Waals surface area contributed by atoms with Gasteiger partial charge in [0.15, 0.2) is 34.9 Å². The molecule has 4 aliphatic rings. The van der Waals surface area contributed by atoms with E-state index in [4.69, 9.17) is 67.1 Å². The van der Waals surface area contributed by atoms with Crippen molar-refractivity contribution in [2.24, 2.45) is 0 Å². The summed E-state index contributed by atoms with van der Waals surface area (Å²) < 4.78 is 51.7. The SMILES string of the molecule is CC1(C)OB(B2OC(C)(C)C(C)(C)O2)OC1(C)C.Cc1ccc(-c2nc(-c3ccc(C)cc3)nc(-c3cc(B4OC(C)(C)C(C)(C)O4)cc(B4OC(C)(C)C(C)(C)O4)c3)n2)cc1.Cc1ccc(-c2nc(-c3ccc(C)cc3)nc(-c3cc(Br)cc(Br)c3)n2)cc1. The third kappa shape index (κ3) is 14.4. The highest BCUT2D eigenvalue weighted by Crippen LogP contribution is 2.44. The van der Waals surface area contributed by atoms with E-state index >= 15 is 0 Å². The molecule has 0 aliphatic carbocycles. The molecule has 4 fully saturated rings. The van der Waals surface area contributed by atoms with Crippen LogP contribution in [-0.4, -0.2) is 103 Å². The van der Waals surface area contributed by atoms with Gasteiger partial charge < -0.3 is 37.2 Å². The maximum Gasteiger partial charge on any atom is 0.494 e. The van der Waals surface area contributed by atoms with Gasteiger partial charge in [0.1, 0.15) is 0 Å². The monoisotopic (exact) mass is 1340 g/mol. The molecule has 0 spiro atoms. The summed E-state index contributed by atoms with van der Waals surface area (Å²) in [6.45, 7) is 40.9. The van der Waals surface area contributed by atoms with Gasteiger partial charge in [-0.25, -0.2) is 29.9 Å². The molecule has 0 unspecified atom stereocenters. The first-order chi connectivity index (χ1) is 41.9. The lowest BCUT2D eigenvalue weighted by atomic mass is 9.49. The Hall–Kier alpha value is -5.76. The molecule has 4 saturated heterocycles. The van der Waals surface area contributed by atoms with Crippen LogP contribution in [0.25, 0.3) is 68.3 Å². The Balaban J connectivity index is 0.000000165. The molecule has 20 heteroatoms. The molecule has 6 aromatic carbocycles. The van der Waals surface area contributed by atoms with E-state index in [1.54, 1.807) is 0 Å². The predicted octanol–water partition coefficient (Wildman–Crippen LogP) is 15.4. The number of hydrogen-bond donors (Lipinski definition) is 0. The summed E-state index contributed by atoms with van der Waals surface area (Å²) in [7, 11) is -2.13. The summed E-state index contributed by atoms with van der Waals surface area (Å²) in [5.41, 5.74) is 8.50. The highest BCUT2D eigenvalue weighted by molar-refractivity contribution is 9.11. The van der Waals surface area contributed by atoms with Crippen LogP contribution in [0.4, 0.5) is 0 Å². The van der Waals surface area contributed by atoms with Crippen LogP contribution < -0.4 is 10.9 Å². The highest BCUT2D eigenvalue weighted by Gasteiger charge is 2.64. The van der Waals surface area contributed by atoms with Gasteiger partial charge in [-0.1, -0.05) is 169 Å². The van der Waals surface area contributed by atoms with Crippen LogP contribution in [0.15, 0.2) is 142 Å². The molecule has 2 aromatic heterocycles. The number of hydrogen-bond acceptors (Lipinski definition) is 14. The highest BCUT2D eigenvalue weighted by atomic mass is 79.9. The summed E-state index contributed by atoms with van der Waals surface area (Å²) in [6.07, 6.45) is 0. The molecule has 4 aliphatic heterocycles. The van der Waals surface area contributed by atoms with E-state index in [-0.39, 0.29) is 22.4 Å². The molecule has 0 radical (unpaired) electrons. The minimum absolute atomic E-state index is 0.360. The van der Waals surface area contributed by atoms with Crippen molar-refractivity contribution in [3.63, 3.8) is 0 Å². The number of aryl methyl sites for hydroxylation is 4. The van der Waals surface area contributed by atoms with Gasteiger partial charge >= 0.3 is 28.3 Å². The molecular weight excluding hydrogens is 1260 g/mol. The summed E-state index contributed by atoms with van der Waals surface area (Å²) in [4.78, 5) is 29.2. The van der Waals surface area contributed by atoms with Crippen molar-refractivity contribution in [2.45, 2.75) is 183 Å². The van der Waals surface area contributed by atoms with E-state index in [1.807, 2.05) is 134 Å². The van der Waals surface area contributed by atoms with Gasteiger partial charge in [0.25, 0.3) is 0 Å². The van der Waals surface area contributed by atoms with Gasteiger partial charge in [-0.2, -0.15) is 0 Å². The molecule has 0 saturated carbocycles. The molecule has 14 nitrogen and oxygen atoms in total. The standard InChI is InChI=1S/C35H41B2N3O4.C23H17Br2N3.C12H24B2O4/c1-22-11-15-24(16-12-22)29-38-30(25-17-13-23(2)14-18-25)40-31(39-29)26-19-27(36-41-32(3,4)33(5,6)42-36)21-28(20-26)37-43-34(7,8)35(9,10)44-37;1-14-3-7-16(8-4-14)21-26-22(17-9-5-15(2)6-10-17)28-23(27-21)18-11-19(24)13-20(25)12-18;1-9(2)10(3,4)16-13(15-9)14-17-11(5,6)12(7,8)18-14/h11-21H,1-10H3;3-13H,1-2H3;1-8H3. The third-order valence-electron chi connectivity index (χ3n) is 18.7. The molecule has 0 N–H and O–H groups in total. The Morgan fingerprint density at radius 2 is 0.456 bits per heavy atom. The summed E-state index contributed by atoms with van der Waals surface area (Å²) in [5, 5.41) is 0. The van der Waals surface area contributed by atoms with Crippen LogP contribution >= 0.6 is 31.9 Å². The number of halogens is 2. The van der Waals surface area contributed by atoms with Crippen molar-refractivity contribution in [1.29, 1.82) is 0 Å². The average Bonchev–Trinajstić information content (AvgIpc) is 1.60. The second kappa shape index (κ2) is 24.9. The van der Waals surface area contributed by atoms with E-state index < -0.39 is 50.7 Å². The first-order valence-corrected chi connectivity index (χ1v) is 32.3. The Bertz CT molecular complexity index is 3630. The average molecular weight is 1340 g/mol. The first-order valence-electron chi connectivity index (χ1n) is 30.7. The Labute approximate surface area is 551 Å². The topological polar surface area (TPSA) is 151 Å². The van der Waals surface area contributed by atoms with Gasteiger partial charge in [0.05, 0.1) is 44.8 Å². The van der Waals surface area contributed by atoms with Gasteiger partial charge in [-0.05, 0) is 168 Å². The van der Waals surface area contributed by atoms with Crippen LogP contribution in [0, 0.1) is 27.7 Å². The van der Waals surface area contributed by atoms with E-state index in [0.29, 0.717) is 34.9 Å². The fourth-order valence-corrected chi connectivity index (χ4v) is 11.3. The van der Waals surface area contributed by atoms with Crippen LogP contribution in [0.2, 0.25) is 0 Å². The molecule has 8 aromatic rings. The van der Waals surface area contributed by atoms with Crippen molar-refractivity contribution >= 4 is 71.0 Å².